The van der Waals surface area contributed by atoms with Gasteiger partial charge in [-0.25, -0.2) is 0 Å². The van der Waals surface area contributed by atoms with Crippen LogP contribution in [0.5, 0.6) is 0 Å². The monoisotopic (exact) mass is 146 g/mol. The summed E-state index contributed by atoms with van der Waals surface area (Å²) < 4.78 is 0. The van der Waals surface area contributed by atoms with Crippen molar-refractivity contribution in [3.63, 3.8) is 0 Å². The summed E-state index contributed by atoms with van der Waals surface area (Å²) in [6.07, 6.45) is 3.38. The Morgan fingerprint density at radius 1 is 1.56 bits per heavy atom. The van der Waals surface area contributed by atoms with E-state index in [1.165, 1.54) is 6.42 Å². The molecule has 0 unspecified atom stereocenters. The summed E-state index contributed by atoms with van der Waals surface area (Å²) in [5.41, 5.74) is 0. The summed E-state index contributed by atoms with van der Waals surface area (Å²) in [4.78, 5) is 0. The molecule has 0 spiro atoms. The number of hydrogen-bond donors (Lipinski definition) is 1. The summed E-state index contributed by atoms with van der Waals surface area (Å²) in [7, 11) is 0. The first-order valence-corrected chi connectivity index (χ1v) is 3.63. The Morgan fingerprint density at radius 3 is 2.67 bits per heavy atom. The second kappa shape index (κ2) is 5.82. The fourth-order valence-electron chi connectivity index (χ4n) is 0.565. The van der Waals surface area contributed by atoms with Crippen LogP contribution in [0.25, 0.3) is 0 Å². The van der Waals surface area contributed by atoms with E-state index in [-0.39, 0.29) is 5.17 Å². The van der Waals surface area contributed by atoms with Crippen LogP contribution in [-0.2, 0) is 5.11 Å². The molecule has 0 heterocycles. The van der Waals surface area contributed by atoms with E-state index in [1.54, 1.807) is 0 Å². The lowest BCUT2D eigenvalue weighted by Gasteiger charge is -1.97. The van der Waals surface area contributed by atoms with E-state index in [1.807, 2.05) is 0 Å². The van der Waals surface area contributed by atoms with Crippen molar-refractivity contribution >= 4 is 17.4 Å². The summed E-state index contributed by atoms with van der Waals surface area (Å²) in [5.74, 6) is 0. The summed E-state index contributed by atoms with van der Waals surface area (Å²) in [6.45, 7) is 2.85. The van der Waals surface area contributed by atoms with Gasteiger partial charge < -0.3 is 5.32 Å². The molecule has 0 saturated carbocycles. The Labute approximate surface area is 61.3 Å². The Morgan fingerprint density at radius 2 is 2.22 bits per heavy atom. The van der Waals surface area contributed by atoms with Crippen LogP contribution in [0.2, 0.25) is 0 Å². The Hall–Kier alpha value is -0.310. The highest BCUT2D eigenvalue weighted by Gasteiger charge is 1.89. The number of hydrogen-bond acceptors (Lipinski definition) is 1. The standard InChI is InChI=1S/C6H12NOS/c1-2-3-4-5-7-6(8)9/h2-5H2,1H3,(H,7,9). The number of nitrogens with one attached hydrogen (secondary N) is 1. The van der Waals surface area contributed by atoms with Gasteiger partial charge in [0.1, 0.15) is 0 Å². The van der Waals surface area contributed by atoms with E-state index in [0.29, 0.717) is 0 Å². The van der Waals surface area contributed by atoms with Gasteiger partial charge in [0.2, 0.25) is 0 Å². The van der Waals surface area contributed by atoms with Crippen molar-refractivity contribution in [3.05, 3.63) is 0 Å². The molecule has 1 N–H and O–H groups in total. The lowest BCUT2D eigenvalue weighted by molar-refractivity contribution is 0.413. The van der Waals surface area contributed by atoms with Gasteiger partial charge in [-0.1, -0.05) is 19.8 Å². The second-order valence-electron chi connectivity index (χ2n) is 1.92. The molecule has 0 aliphatic carbocycles. The fraction of sp³-hybridized carbons (Fsp3) is 0.833. The molecule has 0 aromatic carbocycles. The van der Waals surface area contributed by atoms with Crippen LogP contribution in [0.4, 0.5) is 0 Å². The van der Waals surface area contributed by atoms with Crippen molar-refractivity contribution in [1.82, 2.24) is 5.32 Å². The van der Waals surface area contributed by atoms with Gasteiger partial charge in [-0.15, -0.1) is 0 Å². The summed E-state index contributed by atoms with van der Waals surface area (Å²) in [6, 6.07) is 0. The molecule has 0 bridgehead atoms. The minimum Gasteiger partial charge on any atom is -0.343 e. The highest BCUT2D eigenvalue weighted by Crippen LogP contribution is 1.90. The maximum Gasteiger partial charge on any atom is 0.310 e. The first kappa shape index (κ1) is 8.69. The van der Waals surface area contributed by atoms with E-state index in [2.05, 4.69) is 24.5 Å². The molecular formula is C6H12NOS. The van der Waals surface area contributed by atoms with Crippen molar-refractivity contribution in [1.29, 1.82) is 0 Å². The Kier molecular flexibility index (Phi) is 5.62. The molecule has 1 radical (unpaired) electrons. The van der Waals surface area contributed by atoms with Gasteiger partial charge in [0, 0.05) is 6.54 Å². The molecule has 9 heavy (non-hydrogen) atoms. The van der Waals surface area contributed by atoms with Crippen molar-refractivity contribution in [2.45, 2.75) is 26.2 Å². The maximum absolute atomic E-state index is 10.1. The van der Waals surface area contributed by atoms with Crippen LogP contribution in [-0.4, -0.2) is 11.7 Å². The van der Waals surface area contributed by atoms with Crippen LogP contribution >= 0.6 is 12.2 Å². The van der Waals surface area contributed by atoms with Crippen LogP contribution in [0.3, 0.4) is 0 Å². The van der Waals surface area contributed by atoms with E-state index >= 15 is 0 Å². The molecule has 0 saturated heterocycles. The average Bonchev–Trinajstić information content (AvgIpc) is 1.80. The largest absolute Gasteiger partial charge is 0.343 e. The molecule has 53 valence electrons. The predicted octanol–water partition coefficient (Wildman–Crippen LogP) is 1.48. The summed E-state index contributed by atoms with van der Waals surface area (Å²) >= 11 is 4.28. The summed E-state index contributed by atoms with van der Waals surface area (Å²) in [5, 5.41) is 12.3. The van der Waals surface area contributed by atoms with Crippen LogP contribution in [0.1, 0.15) is 26.2 Å². The first-order valence-electron chi connectivity index (χ1n) is 3.22. The van der Waals surface area contributed by atoms with Gasteiger partial charge in [-0.2, -0.15) is 0 Å². The minimum absolute atomic E-state index is 0.342. The highest BCUT2D eigenvalue weighted by atomic mass is 32.1. The van der Waals surface area contributed by atoms with Gasteiger partial charge in [0.25, 0.3) is 0 Å². The topological polar surface area (TPSA) is 31.9 Å². The van der Waals surface area contributed by atoms with E-state index in [0.717, 1.165) is 19.4 Å². The minimum atomic E-state index is -0.342. The molecule has 0 rings (SSSR count). The molecule has 0 aliphatic heterocycles. The third kappa shape index (κ3) is 7.69. The Balaban J connectivity index is 2.83. The molecule has 0 atom stereocenters. The molecule has 3 heteroatoms. The average molecular weight is 146 g/mol. The Bertz CT molecular complexity index is 85.1. The van der Waals surface area contributed by atoms with Gasteiger partial charge in [0.15, 0.2) is 0 Å². The van der Waals surface area contributed by atoms with Gasteiger partial charge >= 0.3 is 5.17 Å². The lowest BCUT2D eigenvalue weighted by Crippen LogP contribution is -2.20. The van der Waals surface area contributed by atoms with Crippen molar-refractivity contribution < 1.29 is 5.11 Å². The molecular weight excluding hydrogens is 134 g/mol. The molecule has 0 amide bonds. The van der Waals surface area contributed by atoms with E-state index < -0.39 is 0 Å². The number of thiocarbonyl (C=S) groups is 1. The van der Waals surface area contributed by atoms with Gasteiger partial charge in [-0.05, 0) is 18.6 Å². The molecule has 0 fully saturated rings. The van der Waals surface area contributed by atoms with Crippen LogP contribution < -0.4 is 5.32 Å². The maximum atomic E-state index is 10.1. The zero-order valence-electron chi connectivity index (χ0n) is 5.64. The molecule has 0 aromatic rings. The first-order chi connectivity index (χ1) is 4.27. The van der Waals surface area contributed by atoms with Crippen LogP contribution in [0.15, 0.2) is 0 Å². The van der Waals surface area contributed by atoms with Crippen LogP contribution in [0, 0.1) is 0 Å². The smallest absolute Gasteiger partial charge is 0.310 e. The third-order valence-electron chi connectivity index (χ3n) is 1.05. The molecule has 0 aromatic heterocycles. The quantitative estimate of drug-likeness (QED) is 0.481. The zero-order valence-corrected chi connectivity index (χ0v) is 6.46. The van der Waals surface area contributed by atoms with Crippen molar-refractivity contribution in [2.75, 3.05) is 6.54 Å². The number of unbranched alkanes of at least 4 members (excludes halogenated alkanes) is 2. The second-order valence-corrected chi connectivity index (χ2v) is 2.29. The van der Waals surface area contributed by atoms with Gasteiger partial charge in [-0.3, -0.25) is 5.11 Å². The fourth-order valence-corrected chi connectivity index (χ4v) is 0.668. The SMILES string of the molecule is CCCCCNC([O])=S. The van der Waals surface area contributed by atoms with E-state index in [4.69, 9.17) is 0 Å². The zero-order chi connectivity index (χ0) is 7.11. The molecule has 2 nitrogen and oxygen atoms in total. The van der Waals surface area contributed by atoms with E-state index in [9.17, 15) is 5.11 Å². The highest BCUT2D eigenvalue weighted by molar-refractivity contribution is 7.79. The number of rotatable bonds is 4. The lowest BCUT2D eigenvalue weighted by atomic mass is 10.2. The normalized spacial score (nSPS) is 9.00. The van der Waals surface area contributed by atoms with Crippen molar-refractivity contribution in [2.24, 2.45) is 0 Å². The molecule has 0 aliphatic rings. The third-order valence-corrected chi connectivity index (χ3v) is 1.19. The predicted molar refractivity (Wildman–Crippen MR) is 40.8 cm³/mol. The van der Waals surface area contributed by atoms with Crippen molar-refractivity contribution in [3.8, 4) is 0 Å². The van der Waals surface area contributed by atoms with Gasteiger partial charge in [0.05, 0.1) is 0 Å².